The Morgan fingerprint density at radius 1 is 1.47 bits per heavy atom. The molecule has 2 N–H and O–H groups in total. The number of nitrogens with zero attached hydrogens (tertiary/aromatic N) is 1. The molecule has 112 valence electrons. The monoisotopic (exact) mass is 269 g/mol. The highest BCUT2D eigenvalue weighted by Gasteiger charge is 2.36. The van der Waals surface area contributed by atoms with Crippen LogP contribution in [0.4, 0.5) is 0 Å². The smallest absolute Gasteiger partial charge is 0.237 e. The van der Waals surface area contributed by atoms with E-state index in [1.165, 1.54) is 0 Å². The lowest BCUT2D eigenvalue weighted by Gasteiger charge is -2.38. The topological polar surface area (TPSA) is 44.4 Å². The molecule has 0 aromatic heterocycles. The molecular formula is C15H31N3O. The summed E-state index contributed by atoms with van der Waals surface area (Å²) in [5, 5.41) is 6.43. The van der Waals surface area contributed by atoms with E-state index in [1.807, 2.05) is 0 Å². The Bertz CT molecular complexity index is 289. The maximum Gasteiger partial charge on any atom is 0.237 e. The minimum absolute atomic E-state index is 0.0379. The number of carbonyl (C=O) groups excluding carboxylic acids is 1. The number of nitrogens with one attached hydrogen (secondary N) is 2. The fraction of sp³-hybridized carbons (Fsp3) is 0.933. The molecular weight excluding hydrogens is 238 g/mol. The Kier molecular flexibility index (Phi) is 6.27. The van der Waals surface area contributed by atoms with Gasteiger partial charge in [0.15, 0.2) is 0 Å². The summed E-state index contributed by atoms with van der Waals surface area (Å²) >= 11 is 0. The van der Waals surface area contributed by atoms with Gasteiger partial charge in [-0.1, -0.05) is 13.8 Å². The highest BCUT2D eigenvalue weighted by molar-refractivity contribution is 5.82. The summed E-state index contributed by atoms with van der Waals surface area (Å²) in [4.78, 5) is 14.5. The predicted octanol–water partition coefficient (Wildman–Crippen LogP) is 1.61. The third-order valence-electron chi connectivity index (χ3n) is 4.26. The van der Waals surface area contributed by atoms with Crippen molar-refractivity contribution in [2.75, 3.05) is 26.7 Å². The molecule has 1 saturated heterocycles. The van der Waals surface area contributed by atoms with Gasteiger partial charge in [0.25, 0.3) is 0 Å². The van der Waals surface area contributed by atoms with Gasteiger partial charge in [0.1, 0.15) is 0 Å². The van der Waals surface area contributed by atoms with Gasteiger partial charge in [-0.25, -0.2) is 0 Å². The number of hydrogen-bond donors (Lipinski definition) is 2. The molecule has 0 radical (unpaired) electrons. The van der Waals surface area contributed by atoms with Crippen LogP contribution in [-0.2, 0) is 4.79 Å². The highest BCUT2D eigenvalue weighted by Crippen LogP contribution is 2.29. The second-order valence-corrected chi connectivity index (χ2v) is 6.70. The summed E-state index contributed by atoms with van der Waals surface area (Å²) in [7, 11) is 2.12. The first-order valence-corrected chi connectivity index (χ1v) is 7.56. The summed E-state index contributed by atoms with van der Waals surface area (Å²) in [6.45, 7) is 11.5. The lowest BCUT2D eigenvalue weighted by Crippen LogP contribution is -2.55. The van der Waals surface area contributed by atoms with Crippen LogP contribution < -0.4 is 10.6 Å². The second-order valence-electron chi connectivity index (χ2n) is 6.70. The number of piperidine rings is 1. The average molecular weight is 269 g/mol. The van der Waals surface area contributed by atoms with Crippen molar-refractivity contribution >= 4 is 5.91 Å². The van der Waals surface area contributed by atoms with Crippen LogP contribution in [0, 0.1) is 5.41 Å². The van der Waals surface area contributed by atoms with E-state index in [1.54, 1.807) is 0 Å². The van der Waals surface area contributed by atoms with E-state index in [9.17, 15) is 4.79 Å². The van der Waals surface area contributed by atoms with Crippen molar-refractivity contribution in [1.82, 2.24) is 15.5 Å². The lowest BCUT2D eigenvalue weighted by atomic mass is 9.77. The Morgan fingerprint density at radius 2 is 2.16 bits per heavy atom. The van der Waals surface area contributed by atoms with Gasteiger partial charge in [-0.15, -0.1) is 0 Å². The third-order valence-corrected chi connectivity index (χ3v) is 4.26. The zero-order valence-electron chi connectivity index (χ0n) is 13.3. The molecule has 0 spiro atoms. The van der Waals surface area contributed by atoms with Gasteiger partial charge in [-0.05, 0) is 58.7 Å². The molecule has 0 bridgehead atoms. The summed E-state index contributed by atoms with van der Waals surface area (Å²) in [6, 6.07) is 0.527. The summed E-state index contributed by atoms with van der Waals surface area (Å²) in [5.74, 6) is 0.164. The molecule has 1 aliphatic heterocycles. The summed E-state index contributed by atoms with van der Waals surface area (Å²) in [5.41, 5.74) is 0.0665. The van der Waals surface area contributed by atoms with E-state index in [0.29, 0.717) is 6.04 Å². The van der Waals surface area contributed by atoms with Crippen LogP contribution in [0.2, 0.25) is 0 Å². The number of hydrogen-bond acceptors (Lipinski definition) is 3. The SMILES string of the molecule is CC(C)N(C)CCCNC(=O)C1NCCCC1(C)C. The van der Waals surface area contributed by atoms with Gasteiger partial charge in [-0.2, -0.15) is 0 Å². The van der Waals surface area contributed by atoms with E-state index in [0.717, 1.165) is 38.9 Å². The first kappa shape index (κ1) is 16.4. The molecule has 1 atom stereocenters. The quantitative estimate of drug-likeness (QED) is 0.720. The first-order chi connectivity index (χ1) is 8.84. The van der Waals surface area contributed by atoms with Gasteiger partial charge in [-0.3, -0.25) is 4.79 Å². The maximum atomic E-state index is 12.2. The molecule has 4 nitrogen and oxygen atoms in total. The standard InChI is InChI=1S/C15H31N3O/c1-12(2)18(5)11-7-10-17-14(19)13-15(3,4)8-6-9-16-13/h12-13,16H,6-11H2,1-5H3,(H,17,19). The largest absolute Gasteiger partial charge is 0.355 e. The van der Waals surface area contributed by atoms with Gasteiger partial charge in [0.05, 0.1) is 6.04 Å². The normalized spacial score (nSPS) is 22.8. The van der Waals surface area contributed by atoms with Gasteiger partial charge >= 0.3 is 0 Å². The van der Waals surface area contributed by atoms with Crippen molar-refractivity contribution in [2.24, 2.45) is 5.41 Å². The second kappa shape index (κ2) is 7.25. The van der Waals surface area contributed by atoms with E-state index < -0.39 is 0 Å². The zero-order valence-corrected chi connectivity index (χ0v) is 13.3. The van der Waals surface area contributed by atoms with Crippen LogP contribution in [0.5, 0.6) is 0 Å². The molecule has 1 amide bonds. The van der Waals surface area contributed by atoms with E-state index >= 15 is 0 Å². The predicted molar refractivity (Wildman–Crippen MR) is 80.2 cm³/mol. The zero-order chi connectivity index (χ0) is 14.5. The van der Waals surface area contributed by atoms with Gasteiger partial charge in [0, 0.05) is 12.6 Å². The summed E-state index contributed by atoms with van der Waals surface area (Å²) < 4.78 is 0. The van der Waals surface area contributed by atoms with E-state index in [-0.39, 0.29) is 17.4 Å². The first-order valence-electron chi connectivity index (χ1n) is 7.56. The molecule has 1 unspecified atom stereocenters. The Hall–Kier alpha value is -0.610. The molecule has 0 saturated carbocycles. The van der Waals surface area contributed by atoms with Crippen molar-refractivity contribution in [3.63, 3.8) is 0 Å². The molecule has 1 rings (SSSR count). The molecule has 0 aromatic carbocycles. The van der Waals surface area contributed by atoms with Crippen LogP contribution >= 0.6 is 0 Å². The maximum absolute atomic E-state index is 12.2. The van der Waals surface area contributed by atoms with Crippen molar-refractivity contribution in [3.05, 3.63) is 0 Å². The van der Waals surface area contributed by atoms with Crippen molar-refractivity contribution in [3.8, 4) is 0 Å². The summed E-state index contributed by atoms with van der Waals surface area (Å²) in [6.07, 6.45) is 3.29. The fourth-order valence-electron chi connectivity index (χ4n) is 2.56. The molecule has 0 aliphatic carbocycles. The Balaban J connectivity index is 2.27. The minimum Gasteiger partial charge on any atom is -0.355 e. The molecule has 1 fully saturated rings. The van der Waals surface area contributed by atoms with Gasteiger partial charge < -0.3 is 15.5 Å². The minimum atomic E-state index is -0.0379. The van der Waals surface area contributed by atoms with E-state index in [4.69, 9.17) is 0 Å². The fourth-order valence-corrected chi connectivity index (χ4v) is 2.56. The Labute approximate surface area is 118 Å². The average Bonchev–Trinajstić information content (AvgIpc) is 2.33. The number of rotatable bonds is 6. The third kappa shape index (κ3) is 5.11. The highest BCUT2D eigenvalue weighted by atomic mass is 16.2. The number of amides is 1. The molecule has 1 aliphatic rings. The van der Waals surface area contributed by atoms with Crippen LogP contribution in [0.15, 0.2) is 0 Å². The molecule has 4 heteroatoms. The van der Waals surface area contributed by atoms with Crippen molar-refractivity contribution in [2.45, 2.75) is 59.0 Å². The Morgan fingerprint density at radius 3 is 2.74 bits per heavy atom. The van der Waals surface area contributed by atoms with Crippen LogP contribution in [0.3, 0.4) is 0 Å². The molecule has 1 heterocycles. The van der Waals surface area contributed by atoms with Crippen LogP contribution in [0.1, 0.15) is 47.0 Å². The van der Waals surface area contributed by atoms with Crippen molar-refractivity contribution in [1.29, 1.82) is 0 Å². The van der Waals surface area contributed by atoms with Crippen LogP contribution in [0.25, 0.3) is 0 Å². The number of carbonyl (C=O) groups is 1. The molecule has 19 heavy (non-hydrogen) atoms. The molecule has 0 aromatic rings. The van der Waals surface area contributed by atoms with Crippen molar-refractivity contribution < 1.29 is 4.79 Å². The lowest BCUT2D eigenvalue weighted by molar-refractivity contribution is -0.126. The van der Waals surface area contributed by atoms with Gasteiger partial charge in [0.2, 0.25) is 5.91 Å². The van der Waals surface area contributed by atoms with Crippen LogP contribution in [-0.4, -0.2) is 49.6 Å². The van der Waals surface area contributed by atoms with E-state index in [2.05, 4.69) is 50.3 Å².